The summed E-state index contributed by atoms with van der Waals surface area (Å²) in [6, 6.07) is 19.1. The van der Waals surface area contributed by atoms with E-state index in [1.165, 1.54) is 24.3 Å². The maximum absolute atomic E-state index is 13.7. The molecule has 0 radical (unpaired) electrons. The Kier molecular flexibility index (Phi) is 9.48. The van der Waals surface area contributed by atoms with E-state index in [9.17, 15) is 23.5 Å². The van der Waals surface area contributed by atoms with Gasteiger partial charge in [-0.2, -0.15) is 5.21 Å². The van der Waals surface area contributed by atoms with Crippen LogP contribution in [0.2, 0.25) is 0 Å². The van der Waals surface area contributed by atoms with E-state index < -0.39 is 11.7 Å². The predicted octanol–water partition coefficient (Wildman–Crippen LogP) is 4.78. The Morgan fingerprint density at radius 1 is 1.04 bits per heavy atom. The Labute approximate surface area is 282 Å². The number of hydrogen-bond acceptors (Lipinski definition) is 8. The quantitative estimate of drug-likeness (QED) is 0.194. The number of aliphatic hydroxyl groups is 1. The number of aliphatic hydroxyl groups excluding tert-OH is 1. The second-order valence-corrected chi connectivity index (χ2v) is 13.1. The molecule has 11 nitrogen and oxygen atoms in total. The van der Waals surface area contributed by atoms with Gasteiger partial charge in [-0.3, -0.25) is 9.59 Å². The molecule has 3 aliphatic heterocycles. The lowest BCUT2D eigenvalue weighted by Crippen LogP contribution is -2.55. The SMILES string of the molecule is O=C(COC1(CCc2ccc(C3C(CCC(O)c4ccc(F)cc4)C(=O)N3c3ccc(F)cc3)cc2)COC1)N1CCCC1c1nn[nH]n1. The van der Waals surface area contributed by atoms with Crippen LogP contribution in [0.5, 0.6) is 0 Å². The summed E-state index contributed by atoms with van der Waals surface area (Å²) in [6.07, 6.45) is 2.94. The van der Waals surface area contributed by atoms with Gasteiger partial charge in [0, 0.05) is 12.2 Å². The Morgan fingerprint density at radius 2 is 1.76 bits per heavy atom. The predicted molar refractivity (Wildman–Crippen MR) is 173 cm³/mol. The molecule has 4 heterocycles. The molecule has 256 valence electrons. The Balaban J connectivity index is 0.990. The smallest absolute Gasteiger partial charge is 0.249 e. The van der Waals surface area contributed by atoms with Crippen molar-refractivity contribution < 1.29 is 33.0 Å². The van der Waals surface area contributed by atoms with Crippen LogP contribution < -0.4 is 4.90 Å². The Bertz CT molecular complexity index is 1740. The fourth-order valence-electron chi connectivity index (χ4n) is 7.12. The van der Waals surface area contributed by atoms with Crippen molar-refractivity contribution >= 4 is 17.5 Å². The number of hydrogen-bond donors (Lipinski definition) is 2. The van der Waals surface area contributed by atoms with Crippen molar-refractivity contribution in [1.82, 2.24) is 25.5 Å². The van der Waals surface area contributed by atoms with Gasteiger partial charge in [0.2, 0.25) is 11.8 Å². The van der Waals surface area contributed by atoms with Crippen LogP contribution in [0.25, 0.3) is 0 Å². The highest BCUT2D eigenvalue weighted by Crippen LogP contribution is 2.46. The minimum atomic E-state index is -0.834. The van der Waals surface area contributed by atoms with E-state index in [-0.39, 0.29) is 48.1 Å². The van der Waals surface area contributed by atoms with Crippen molar-refractivity contribution in [2.45, 2.75) is 62.3 Å². The van der Waals surface area contributed by atoms with Crippen LogP contribution in [-0.2, 0) is 25.5 Å². The molecule has 4 unspecified atom stereocenters. The van der Waals surface area contributed by atoms with Crippen molar-refractivity contribution in [1.29, 1.82) is 0 Å². The van der Waals surface area contributed by atoms with Gasteiger partial charge in [-0.1, -0.05) is 41.6 Å². The van der Waals surface area contributed by atoms with Crippen molar-refractivity contribution in [3.63, 3.8) is 0 Å². The molecule has 0 bridgehead atoms. The number of aryl methyl sites for hydroxylation is 1. The van der Waals surface area contributed by atoms with Crippen LogP contribution in [0.15, 0.2) is 72.8 Å². The maximum atomic E-state index is 13.7. The highest BCUT2D eigenvalue weighted by Gasteiger charge is 2.48. The molecule has 3 saturated heterocycles. The number of tetrazole rings is 1. The number of amides is 2. The molecule has 0 aliphatic carbocycles. The molecule has 4 atom stereocenters. The molecule has 3 aromatic carbocycles. The summed E-state index contributed by atoms with van der Waals surface area (Å²) in [5.41, 5.74) is 2.65. The summed E-state index contributed by atoms with van der Waals surface area (Å²) in [6.45, 7) is 1.39. The number of likely N-dealkylation sites (tertiary alicyclic amines) is 1. The molecule has 3 aliphatic rings. The molecule has 7 rings (SSSR count). The van der Waals surface area contributed by atoms with Gasteiger partial charge in [-0.25, -0.2) is 8.78 Å². The topological polar surface area (TPSA) is 134 Å². The van der Waals surface area contributed by atoms with Crippen molar-refractivity contribution in [2.75, 3.05) is 31.3 Å². The number of aromatic amines is 1. The molecule has 4 aromatic rings. The molecule has 13 heteroatoms. The van der Waals surface area contributed by atoms with Gasteiger partial charge in [-0.05, 0) is 91.6 Å². The first-order chi connectivity index (χ1) is 23.8. The van der Waals surface area contributed by atoms with E-state index in [2.05, 4.69) is 20.6 Å². The van der Waals surface area contributed by atoms with Gasteiger partial charge in [-0.15, -0.1) is 10.2 Å². The first kappa shape index (κ1) is 32.9. The molecular formula is C36H38F2N6O5. The Morgan fingerprint density at radius 3 is 2.41 bits per heavy atom. The Hall–Kier alpha value is -4.59. The first-order valence-corrected chi connectivity index (χ1v) is 16.7. The van der Waals surface area contributed by atoms with Gasteiger partial charge >= 0.3 is 0 Å². The van der Waals surface area contributed by atoms with E-state index in [4.69, 9.17) is 9.47 Å². The maximum Gasteiger partial charge on any atom is 0.249 e. The molecule has 0 spiro atoms. The van der Waals surface area contributed by atoms with Gasteiger partial charge in [0.25, 0.3) is 0 Å². The zero-order valence-corrected chi connectivity index (χ0v) is 26.9. The standard InChI is InChI=1S/C36H38F2N6O5/c37-26-9-7-24(8-10-26)31(45)16-15-29-33(44(35(29)47)28-13-11-27(38)12-14-28)25-5-3-23(4-6-25)17-18-36(21-48-22-36)49-20-32(46)43-19-1-2-30(43)34-39-41-42-40-34/h3-14,29-31,33,45H,1-2,15-22H2,(H,39,40,41,42). The number of carbonyl (C=O) groups is 2. The first-order valence-electron chi connectivity index (χ1n) is 16.7. The summed E-state index contributed by atoms with van der Waals surface area (Å²) in [4.78, 5) is 30.0. The van der Waals surface area contributed by atoms with Crippen LogP contribution in [0.3, 0.4) is 0 Å². The van der Waals surface area contributed by atoms with Crippen LogP contribution >= 0.6 is 0 Å². The van der Waals surface area contributed by atoms with Crippen molar-refractivity contribution in [2.24, 2.45) is 5.92 Å². The minimum absolute atomic E-state index is 0.0528. The average molecular weight is 673 g/mol. The lowest BCUT2D eigenvalue weighted by atomic mass is 9.78. The van der Waals surface area contributed by atoms with Gasteiger partial charge in [0.15, 0.2) is 5.82 Å². The average Bonchev–Trinajstić information content (AvgIpc) is 3.81. The minimum Gasteiger partial charge on any atom is -0.388 e. The number of carbonyl (C=O) groups excluding carboxylic acids is 2. The normalized spacial score (nSPS) is 22.1. The molecule has 2 N–H and O–H groups in total. The third kappa shape index (κ3) is 6.96. The molecule has 1 aromatic heterocycles. The lowest BCUT2D eigenvalue weighted by molar-refractivity contribution is -0.214. The number of rotatable bonds is 13. The fourth-order valence-corrected chi connectivity index (χ4v) is 7.12. The zero-order chi connectivity index (χ0) is 34.0. The van der Waals surface area contributed by atoms with Crippen molar-refractivity contribution in [3.05, 3.63) is 107 Å². The van der Waals surface area contributed by atoms with Crippen LogP contribution in [0.1, 0.15) is 72.8 Å². The summed E-state index contributed by atoms with van der Waals surface area (Å²) in [7, 11) is 0. The van der Waals surface area contributed by atoms with Gasteiger partial charge in [0.05, 0.1) is 37.3 Å². The van der Waals surface area contributed by atoms with E-state index >= 15 is 0 Å². The van der Waals surface area contributed by atoms with Gasteiger partial charge in [0.1, 0.15) is 23.8 Å². The number of H-pyrrole nitrogens is 1. The third-order valence-electron chi connectivity index (χ3n) is 9.98. The summed E-state index contributed by atoms with van der Waals surface area (Å²) in [5.74, 6) is -0.842. The van der Waals surface area contributed by atoms with Crippen molar-refractivity contribution in [3.8, 4) is 0 Å². The van der Waals surface area contributed by atoms with Crippen LogP contribution in [0.4, 0.5) is 14.5 Å². The number of halogens is 2. The number of nitrogens with zero attached hydrogens (tertiary/aromatic N) is 5. The number of benzene rings is 3. The van der Waals surface area contributed by atoms with Crippen LogP contribution in [0, 0.1) is 17.6 Å². The number of β-lactam (4-membered cyclic amide) rings is 1. The molecule has 49 heavy (non-hydrogen) atoms. The molecule has 2 amide bonds. The largest absolute Gasteiger partial charge is 0.388 e. The highest BCUT2D eigenvalue weighted by atomic mass is 19.1. The molecular weight excluding hydrogens is 634 g/mol. The van der Waals surface area contributed by atoms with E-state index in [0.717, 1.165) is 24.0 Å². The van der Waals surface area contributed by atoms with Crippen LogP contribution in [-0.4, -0.2) is 74.4 Å². The fraction of sp³-hybridized carbons (Fsp3) is 0.417. The van der Waals surface area contributed by atoms with Gasteiger partial charge < -0.3 is 24.4 Å². The second-order valence-electron chi connectivity index (χ2n) is 13.1. The second kappa shape index (κ2) is 14.1. The molecule has 3 fully saturated rings. The number of nitrogens with one attached hydrogen (secondary N) is 1. The summed E-state index contributed by atoms with van der Waals surface area (Å²) >= 11 is 0. The number of aromatic nitrogens is 4. The van der Waals surface area contributed by atoms with E-state index in [1.54, 1.807) is 34.1 Å². The summed E-state index contributed by atoms with van der Waals surface area (Å²) in [5, 5.41) is 25.0. The lowest BCUT2D eigenvalue weighted by Gasteiger charge is -2.48. The molecule has 0 saturated carbocycles. The number of anilines is 1. The monoisotopic (exact) mass is 672 g/mol. The van der Waals surface area contributed by atoms with E-state index in [0.29, 0.717) is 62.5 Å². The highest BCUT2D eigenvalue weighted by molar-refractivity contribution is 6.03. The zero-order valence-electron chi connectivity index (χ0n) is 26.9. The third-order valence-corrected chi connectivity index (χ3v) is 9.98. The number of ether oxygens (including phenoxy) is 2. The van der Waals surface area contributed by atoms with E-state index in [1.807, 2.05) is 24.3 Å². The summed E-state index contributed by atoms with van der Waals surface area (Å²) < 4.78 is 38.8.